The topological polar surface area (TPSA) is 59.1 Å². The number of carbonyl (C=O) groups is 1. The molecule has 0 radical (unpaired) electrons. The quantitative estimate of drug-likeness (QED) is 0.327. The lowest BCUT2D eigenvalue weighted by atomic mass is 9.81. The minimum atomic E-state index is -0.337. The zero-order chi connectivity index (χ0) is 20.4. The Bertz CT molecular complexity index is 759. The molecule has 1 heterocycles. The zero-order valence-electron chi connectivity index (χ0n) is 17.4. The molecule has 1 N–H and O–H groups in total. The standard InChI is InChI=1S/C24H32O4/c1-17-5-11-21-24(4,28-21)16-20(15-23(2,3)14-13-17)27-22(26)12-8-18-6-9-19(25)10-7-18/h6-10,12-13,20-21,25H,5,11,14-16H2,1-4H3/b12-8+,17-13+/t20-,21-,24-/m1/s1. The second-order valence-corrected chi connectivity index (χ2v) is 9.27. The third-order valence-corrected chi connectivity index (χ3v) is 5.84. The van der Waals surface area contributed by atoms with Crippen molar-refractivity contribution in [1.29, 1.82) is 0 Å². The number of benzene rings is 1. The van der Waals surface area contributed by atoms with E-state index < -0.39 is 0 Å². The van der Waals surface area contributed by atoms with Gasteiger partial charge >= 0.3 is 5.97 Å². The lowest BCUT2D eigenvalue weighted by Crippen LogP contribution is -2.29. The van der Waals surface area contributed by atoms with Gasteiger partial charge in [-0.1, -0.05) is 37.6 Å². The average Bonchev–Trinajstić information content (AvgIpc) is 3.26. The van der Waals surface area contributed by atoms with E-state index >= 15 is 0 Å². The fourth-order valence-corrected chi connectivity index (χ4v) is 4.01. The summed E-state index contributed by atoms with van der Waals surface area (Å²) in [5, 5.41) is 9.35. The fourth-order valence-electron chi connectivity index (χ4n) is 4.01. The number of phenolic OH excluding ortho intramolecular Hbond substituents is 1. The number of carbonyl (C=O) groups excluding carboxylic acids is 1. The normalized spacial score (nSPS) is 31.9. The summed E-state index contributed by atoms with van der Waals surface area (Å²) in [7, 11) is 0. The molecule has 1 aliphatic carbocycles. The molecule has 152 valence electrons. The Morgan fingerprint density at radius 1 is 1.21 bits per heavy atom. The Labute approximate surface area is 168 Å². The predicted molar refractivity (Wildman–Crippen MR) is 111 cm³/mol. The Kier molecular flexibility index (Phi) is 5.99. The van der Waals surface area contributed by atoms with Crippen LogP contribution in [0.5, 0.6) is 5.75 Å². The summed E-state index contributed by atoms with van der Waals surface area (Å²) >= 11 is 0. The van der Waals surface area contributed by atoms with E-state index in [2.05, 4.69) is 33.8 Å². The van der Waals surface area contributed by atoms with Gasteiger partial charge in [-0.2, -0.15) is 0 Å². The second kappa shape index (κ2) is 8.12. The maximum absolute atomic E-state index is 12.4. The number of aromatic hydroxyl groups is 1. The molecule has 0 unspecified atom stereocenters. The maximum Gasteiger partial charge on any atom is 0.331 e. The van der Waals surface area contributed by atoms with Gasteiger partial charge in [0.05, 0.1) is 11.7 Å². The molecule has 2 aliphatic rings. The molecule has 1 aromatic rings. The molecule has 4 heteroatoms. The zero-order valence-corrected chi connectivity index (χ0v) is 17.4. The largest absolute Gasteiger partial charge is 0.508 e. The molecule has 0 spiro atoms. The molecule has 28 heavy (non-hydrogen) atoms. The molecule has 3 rings (SSSR count). The summed E-state index contributed by atoms with van der Waals surface area (Å²) in [6.45, 7) is 8.79. The van der Waals surface area contributed by atoms with Crippen molar-refractivity contribution in [2.75, 3.05) is 0 Å². The Balaban J connectivity index is 1.68. The predicted octanol–water partition coefficient (Wildman–Crippen LogP) is 5.41. The summed E-state index contributed by atoms with van der Waals surface area (Å²) in [6, 6.07) is 6.71. The van der Waals surface area contributed by atoms with Crippen LogP contribution in [0.2, 0.25) is 0 Å². The highest BCUT2D eigenvalue weighted by atomic mass is 16.6. The molecule has 1 aliphatic heterocycles. The number of fused-ring (bicyclic) bond motifs is 1. The van der Waals surface area contributed by atoms with E-state index in [4.69, 9.17) is 9.47 Å². The summed E-state index contributed by atoms with van der Waals surface area (Å²) in [4.78, 5) is 12.4. The highest BCUT2D eigenvalue weighted by Crippen LogP contribution is 2.46. The summed E-state index contributed by atoms with van der Waals surface area (Å²) in [5.74, 6) is -0.132. The average molecular weight is 385 g/mol. The van der Waals surface area contributed by atoms with Crippen molar-refractivity contribution in [3.8, 4) is 5.75 Å². The summed E-state index contributed by atoms with van der Waals surface area (Å²) in [5.41, 5.74) is 2.12. The van der Waals surface area contributed by atoms with Crippen molar-refractivity contribution in [3.05, 3.63) is 47.6 Å². The van der Waals surface area contributed by atoms with E-state index in [0.717, 1.165) is 37.7 Å². The SMILES string of the molecule is C/C1=C\CC(C)(C)C[C@@H](OC(=O)/C=C/c2ccc(O)cc2)C[C@@]2(C)O[C@@H]2CC1. The van der Waals surface area contributed by atoms with Crippen molar-refractivity contribution in [1.82, 2.24) is 0 Å². The molecular formula is C24H32O4. The lowest BCUT2D eigenvalue weighted by molar-refractivity contribution is -0.145. The van der Waals surface area contributed by atoms with Gasteiger partial charge in [0, 0.05) is 12.5 Å². The van der Waals surface area contributed by atoms with Crippen LogP contribution in [0.15, 0.2) is 42.0 Å². The third-order valence-electron chi connectivity index (χ3n) is 5.84. The Morgan fingerprint density at radius 2 is 1.93 bits per heavy atom. The number of hydrogen-bond donors (Lipinski definition) is 1. The van der Waals surface area contributed by atoms with Gasteiger partial charge < -0.3 is 14.6 Å². The van der Waals surface area contributed by atoms with Crippen LogP contribution in [0.1, 0.15) is 65.4 Å². The molecule has 0 saturated carbocycles. The van der Waals surface area contributed by atoms with Crippen LogP contribution < -0.4 is 0 Å². The number of phenols is 1. The van der Waals surface area contributed by atoms with E-state index in [1.165, 1.54) is 11.6 Å². The van der Waals surface area contributed by atoms with Crippen molar-refractivity contribution in [3.63, 3.8) is 0 Å². The lowest BCUT2D eigenvalue weighted by Gasteiger charge is -2.29. The third kappa shape index (κ3) is 5.71. The number of ether oxygens (including phenoxy) is 2. The van der Waals surface area contributed by atoms with Crippen LogP contribution in [0.3, 0.4) is 0 Å². The first-order valence-electron chi connectivity index (χ1n) is 10.2. The van der Waals surface area contributed by atoms with E-state index in [0.29, 0.717) is 0 Å². The van der Waals surface area contributed by atoms with Gasteiger partial charge in [-0.25, -0.2) is 4.79 Å². The van der Waals surface area contributed by atoms with E-state index in [1.807, 2.05) is 0 Å². The van der Waals surface area contributed by atoms with E-state index in [9.17, 15) is 9.90 Å². The Hall–Kier alpha value is -2.07. The van der Waals surface area contributed by atoms with Gasteiger partial charge in [-0.05, 0) is 68.7 Å². The monoisotopic (exact) mass is 384 g/mol. The maximum atomic E-state index is 12.4. The van der Waals surface area contributed by atoms with Gasteiger partial charge in [-0.15, -0.1) is 0 Å². The molecule has 0 amide bonds. The van der Waals surface area contributed by atoms with Crippen molar-refractivity contribution >= 4 is 12.0 Å². The first-order chi connectivity index (χ1) is 13.2. The van der Waals surface area contributed by atoms with Crippen LogP contribution >= 0.6 is 0 Å². The van der Waals surface area contributed by atoms with Gasteiger partial charge in [0.1, 0.15) is 11.9 Å². The molecular weight excluding hydrogens is 352 g/mol. The fraction of sp³-hybridized carbons (Fsp3) is 0.542. The summed E-state index contributed by atoms with van der Waals surface area (Å²) in [6.07, 6.45) is 10.2. The van der Waals surface area contributed by atoms with Crippen LogP contribution in [-0.4, -0.2) is 28.9 Å². The van der Waals surface area contributed by atoms with Crippen LogP contribution in [0.25, 0.3) is 6.08 Å². The minimum absolute atomic E-state index is 0.0535. The number of rotatable bonds is 3. The van der Waals surface area contributed by atoms with Crippen molar-refractivity contribution < 1.29 is 19.4 Å². The number of esters is 1. The number of hydrogen-bond acceptors (Lipinski definition) is 4. The van der Waals surface area contributed by atoms with Gasteiger partial charge in [-0.3, -0.25) is 0 Å². The minimum Gasteiger partial charge on any atom is -0.508 e. The van der Waals surface area contributed by atoms with Crippen LogP contribution in [0, 0.1) is 5.41 Å². The first-order valence-corrected chi connectivity index (χ1v) is 10.2. The molecule has 4 nitrogen and oxygen atoms in total. The number of epoxide rings is 1. The highest BCUT2D eigenvalue weighted by molar-refractivity contribution is 5.87. The molecule has 1 aromatic carbocycles. The first kappa shape index (κ1) is 20.7. The van der Waals surface area contributed by atoms with Crippen LogP contribution in [0.4, 0.5) is 0 Å². The van der Waals surface area contributed by atoms with Crippen molar-refractivity contribution in [2.24, 2.45) is 5.41 Å². The smallest absolute Gasteiger partial charge is 0.331 e. The van der Waals surface area contributed by atoms with Gasteiger partial charge in [0.25, 0.3) is 0 Å². The molecule has 0 aromatic heterocycles. The second-order valence-electron chi connectivity index (χ2n) is 9.27. The molecule has 3 atom stereocenters. The Morgan fingerprint density at radius 3 is 2.64 bits per heavy atom. The van der Waals surface area contributed by atoms with Crippen molar-refractivity contribution in [2.45, 2.75) is 77.6 Å². The van der Waals surface area contributed by atoms with Gasteiger partial charge in [0.2, 0.25) is 0 Å². The molecule has 1 fully saturated rings. The summed E-state index contributed by atoms with van der Waals surface area (Å²) < 4.78 is 11.8. The number of allylic oxidation sites excluding steroid dienone is 2. The van der Waals surface area contributed by atoms with Gasteiger partial charge in [0.15, 0.2) is 0 Å². The van der Waals surface area contributed by atoms with Crippen LogP contribution in [-0.2, 0) is 14.3 Å². The highest BCUT2D eigenvalue weighted by Gasteiger charge is 2.53. The van der Waals surface area contributed by atoms with E-state index in [-0.39, 0.29) is 34.9 Å². The van der Waals surface area contributed by atoms with E-state index in [1.54, 1.807) is 30.3 Å². The molecule has 1 saturated heterocycles. The molecule has 0 bridgehead atoms.